The summed E-state index contributed by atoms with van der Waals surface area (Å²) >= 11 is 0. The van der Waals surface area contributed by atoms with Gasteiger partial charge in [0, 0.05) is 18.5 Å². The molecule has 0 aliphatic rings. The Morgan fingerprint density at radius 1 is 0.815 bits per heavy atom. The number of hydrazine groups is 1. The highest BCUT2D eigenvalue weighted by Crippen LogP contribution is 2.16. The molecule has 3 amide bonds. The van der Waals surface area contributed by atoms with Crippen molar-refractivity contribution in [3.05, 3.63) is 59.7 Å². The maximum Gasteiger partial charge on any atom is 0.276 e. The minimum absolute atomic E-state index is 0.00966. The lowest BCUT2D eigenvalue weighted by molar-refractivity contribution is -0.130. The number of aryl methyl sites for hydroxylation is 2. The molecule has 0 aliphatic heterocycles. The van der Waals surface area contributed by atoms with Gasteiger partial charge < -0.3 is 10.1 Å². The molecule has 3 N–H and O–H groups in total. The van der Waals surface area contributed by atoms with Gasteiger partial charge >= 0.3 is 0 Å². The number of carbonyl (C=O) groups excluding carboxylic acids is 3. The standard InChI is InChI=1S/C20H23N3O4/c1-14-8-9-17(12-15(14)2)27-13-20(26)23-22-19(25)11-10-18(24)21-16-6-4-3-5-7-16/h3-9,12H,10-11,13H2,1-2H3,(H,21,24)(H,22,25)(H,23,26). The first kappa shape index (κ1) is 20.0. The van der Waals surface area contributed by atoms with Gasteiger partial charge in [-0.3, -0.25) is 25.2 Å². The van der Waals surface area contributed by atoms with E-state index in [1.165, 1.54) is 0 Å². The number of anilines is 1. The van der Waals surface area contributed by atoms with Gasteiger partial charge in [0.05, 0.1) is 0 Å². The first-order valence-corrected chi connectivity index (χ1v) is 8.56. The average molecular weight is 369 g/mol. The second-order valence-electron chi connectivity index (χ2n) is 6.05. The van der Waals surface area contributed by atoms with E-state index in [0.29, 0.717) is 11.4 Å². The van der Waals surface area contributed by atoms with E-state index in [9.17, 15) is 14.4 Å². The van der Waals surface area contributed by atoms with Gasteiger partial charge in [-0.2, -0.15) is 0 Å². The molecule has 0 bridgehead atoms. The monoisotopic (exact) mass is 369 g/mol. The number of hydrogen-bond acceptors (Lipinski definition) is 4. The summed E-state index contributed by atoms with van der Waals surface area (Å²) in [6, 6.07) is 14.5. The van der Waals surface area contributed by atoms with Crippen molar-refractivity contribution in [3.8, 4) is 5.75 Å². The third kappa shape index (κ3) is 7.19. The second-order valence-corrected chi connectivity index (χ2v) is 6.05. The normalized spacial score (nSPS) is 10.0. The van der Waals surface area contributed by atoms with Crippen LogP contribution in [0.25, 0.3) is 0 Å². The first-order valence-electron chi connectivity index (χ1n) is 8.56. The minimum Gasteiger partial charge on any atom is -0.484 e. The van der Waals surface area contributed by atoms with Crippen molar-refractivity contribution in [2.24, 2.45) is 0 Å². The van der Waals surface area contributed by atoms with Gasteiger partial charge in [-0.05, 0) is 49.2 Å². The number of amides is 3. The van der Waals surface area contributed by atoms with Crippen LogP contribution >= 0.6 is 0 Å². The Hall–Kier alpha value is -3.35. The number of nitrogens with one attached hydrogen (secondary N) is 3. The average Bonchev–Trinajstić information content (AvgIpc) is 2.66. The second kappa shape index (κ2) is 9.96. The number of rotatable bonds is 7. The minimum atomic E-state index is -0.490. The van der Waals surface area contributed by atoms with Gasteiger partial charge in [-0.15, -0.1) is 0 Å². The Bertz CT molecular complexity index is 806. The summed E-state index contributed by atoms with van der Waals surface area (Å²) in [6.07, 6.45) is -0.0350. The van der Waals surface area contributed by atoms with Crippen LogP contribution in [0.15, 0.2) is 48.5 Å². The molecule has 0 atom stereocenters. The van der Waals surface area contributed by atoms with Crippen molar-refractivity contribution < 1.29 is 19.1 Å². The zero-order chi connectivity index (χ0) is 19.6. The van der Waals surface area contributed by atoms with Crippen LogP contribution in [0.5, 0.6) is 5.75 Å². The number of hydrogen-bond donors (Lipinski definition) is 3. The summed E-state index contributed by atoms with van der Waals surface area (Å²) in [4.78, 5) is 35.2. The third-order valence-corrected chi connectivity index (χ3v) is 3.83. The van der Waals surface area contributed by atoms with E-state index in [-0.39, 0.29) is 25.4 Å². The zero-order valence-corrected chi connectivity index (χ0v) is 15.4. The van der Waals surface area contributed by atoms with E-state index in [1.54, 1.807) is 30.3 Å². The maximum atomic E-state index is 11.8. The predicted octanol–water partition coefficient (Wildman–Crippen LogP) is 2.25. The van der Waals surface area contributed by atoms with Crippen LogP contribution in [-0.2, 0) is 14.4 Å². The van der Waals surface area contributed by atoms with Crippen LogP contribution in [0.3, 0.4) is 0 Å². The summed E-state index contributed by atoms with van der Waals surface area (Å²) in [5.74, 6) is -0.647. The molecule has 2 rings (SSSR count). The van der Waals surface area contributed by atoms with Crippen molar-refractivity contribution in [2.75, 3.05) is 11.9 Å². The van der Waals surface area contributed by atoms with Crippen LogP contribution in [0.4, 0.5) is 5.69 Å². The van der Waals surface area contributed by atoms with Gasteiger partial charge in [0.15, 0.2) is 6.61 Å². The van der Waals surface area contributed by atoms with Gasteiger partial charge in [0.1, 0.15) is 5.75 Å². The molecule has 142 valence electrons. The molecule has 0 heterocycles. The molecule has 0 unspecified atom stereocenters. The number of benzene rings is 2. The molecule has 2 aromatic carbocycles. The van der Waals surface area contributed by atoms with E-state index in [2.05, 4.69) is 16.2 Å². The Labute approximate surface area is 158 Å². The van der Waals surface area contributed by atoms with E-state index in [4.69, 9.17) is 4.74 Å². The van der Waals surface area contributed by atoms with Crippen molar-refractivity contribution in [3.63, 3.8) is 0 Å². The van der Waals surface area contributed by atoms with Gasteiger partial charge in [-0.25, -0.2) is 0 Å². The number of para-hydroxylation sites is 1. The molecule has 0 aliphatic carbocycles. The van der Waals surface area contributed by atoms with Crippen LogP contribution in [0.1, 0.15) is 24.0 Å². The van der Waals surface area contributed by atoms with Crippen LogP contribution in [0.2, 0.25) is 0 Å². The fraction of sp³-hybridized carbons (Fsp3) is 0.250. The lowest BCUT2D eigenvalue weighted by atomic mass is 10.1. The Balaban J connectivity index is 1.63. The molecule has 7 nitrogen and oxygen atoms in total. The SMILES string of the molecule is Cc1ccc(OCC(=O)NNC(=O)CCC(=O)Nc2ccccc2)cc1C. The molecule has 0 aromatic heterocycles. The van der Waals surface area contributed by atoms with Crippen molar-refractivity contribution in [1.82, 2.24) is 10.9 Å². The summed E-state index contributed by atoms with van der Waals surface area (Å²) < 4.78 is 5.37. The highest BCUT2D eigenvalue weighted by atomic mass is 16.5. The van der Waals surface area contributed by atoms with E-state index in [0.717, 1.165) is 11.1 Å². The largest absolute Gasteiger partial charge is 0.484 e. The summed E-state index contributed by atoms with van der Waals surface area (Å²) in [5.41, 5.74) is 7.38. The van der Waals surface area contributed by atoms with Crippen LogP contribution in [-0.4, -0.2) is 24.3 Å². The zero-order valence-electron chi connectivity index (χ0n) is 15.4. The van der Waals surface area contributed by atoms with Crippen LogP contribution < -0.4 is 20.9 Å². The summed E-state index contributed by atoms with van der Waals surface area (Å²) in [5, 5.41) is 2.68. The van der Waals surface area contributed by atoms with Crippen LogP contribution in [0, 0.1) is 13.8 Å². The summed E-state index contributed by atoms with van der Waals surface area (Å²) in [6.45, 7) is 3.72. The highest BCUT2D eigenvalue weighted by Gasteiger charge is 2.09. The Kier molecular flexibility index (Phi) is 7.37. The molecular formula is C20H23N3O4. The van der Waals surface area contributed by atoms with Crippen molar-refractivity contribution >= 4 is 23.4 Å². The lowest BCUT2D eigenvalue weighted by Crippen LogP contribution is -2.44. The van der Waals surface area contributed by atoms with E-state index in [1.807, 2.05) is 32.0 Å². The molecule has 27 heavy (non-hydrogen) atoms. The Morgan fingerprint density at radius 2 is 1.48 bits per heavy atom. The van der Waals surface area contributed by atoms with Gasteiger partial charge in [0.25, 0.3) is 5.91 Å². The molecule has 2 aromatic rings. The topological polar surface area (TPSA) is 96.5 Å². The van der Waals surface area contributed by atoms with E-state index >= 15 is 0 Å². The molecule has 0 fully saturated rings. The molecule has 0 saturated carbocycles. The predicted molar refractivity (Wildman–Crippen MR) is 102 cm³/mol. The number of ether oxygens (including phenoxy) is 1. The summed E-state index contributed by atoms with van der Waals surface area (Å²) in [7, 11) is 0. The Morgan fingerprint density at radius 3 is 2.19 bits per heavy atom. The molecule has 0 radical (unpaired) electrons. The first-order chi connectivity index (χ1) is 12.9. The fourth-order valence-corrected chi connectivity index (χ4v) is 2.16. The maximum absolute atomic E-state index is 11.8. The number of carbonyl (C=O) groups is 3. The van der Waals surface area contributed by atoms with Crippen molar-refractivity contribution in [1.29, 1.82) is 0 Å². The smallest absolute Gasteiger partial charge is 0.276 e. The lowest BCUT2D eigenvalue weighted by Gasteiger charge is -2.10. The molecule has 0 saturated heterocycles. The fourth-order valence-electron chi connectivity index (χ4n) is 2.16. The molecule has 0 spiro atoms. The quantitative estimate of drug-likeness (QED) is 0.652. The molecular weight excluding hydrogens is 346 g/mol. The van der Waals surface area contributed by atoms with Gasteiger partial charge in [0.2, 0.25) is 11.8 Å². The third-order valence-electron chi connectivity index (χ3n) is 3.83. The molecule has 7 heteroatoms. The highest BCUT2D eigenvalue weighted by molar-refractivity contribution is 5.93. The van der Waals surface area contributed by atoms with Gasteiger partial charge in [-0.1, -0.05) is 24.3 Å². The van der Waals surface area contributed by atoms with Crippen molar-refractivity contribution in [2.45, 2.75) is 26.7 Å². The van der Waals surface area contributed by atoms with E-state index < -0.39 is 11.8 Å².